The number of hydrogen-bond acceptors (Lipinski definition) is 4. The molecule has 0 aromatic carbocycles. The molecule has 0 spiro atoms. The van der Waals surface area contributed by atoms with Crippen molar-refractivity contribution in [1.29, 1.82) is 0 Å². The number of hydrogen-bond donors (Lipinski definition) is 2. The Morgan fingerprint density at radius 2 is 2.11 bits per heavy atom. The van der Waals surface area contributed by atoms with Gasteiger partial charge in [-0.1, -0.05) is 20.8 Å². The smallest absolute Gasteiger partial charge is 0.308 e. The van der Waals surface area contributed by atoms with Crippen molar-refractivity contribution in [2.45, 2.75) is 32.6 Å². The van der Waals surface area contributed by atoms with Crippen LogP contribution in [0, 0.1) is 5.92 Å². The van der Waals surface area contributed by atoms with Gasteiger partial charge in [0, 0.05) is 18.5 Å². The van der Waals surface area contributed by atoms with Gasteiger partial charge in [-0.05, 0) is 6.42 Å². The number of H-pyrrole nitrogens is 1. The second kappa shape index (κ2) is 4.64. The summed E-state index contributed by atoms with van der Waals surface area (Å²) in [5, 5.41) is 15.6. The van der Waals surface area contributed by atoms with E-state index in [4.69, 9.17) is 5.11 Å². The Kier molecular flexibility index (Phi) is 3.30. The molecular formula is C12H18N4O3. The van der Waals surface area contributed by atoms with E-state index in [1.807, 2.05) is 20.8 Å². The normalized spacial score (nSPS) is 19.7. The molecule has 2 N–H and O–H groups in total. The Morgan fingerprint density at radius 1 is 1.42 bits per heavy atom. The van der Waals surface area contributed by atoms with Crippen molar-refractivity contribution in [2.24, 2.45) is 5.92 Å². The average molecular weight is 266 g/mol. The highest BCUT2D eigenvalue weighted by Crippen LogP contribution is 2.20. The molecule has 1 atom stereocenters. The molecule has 0 aliphatic carbocycles. The monoisotopic (exact) mass is 266 g/mol. The molecule has 1 unspecified atom stereocenters. The van der Waals surface area contributed by atoms with Gasteiger partial charge in [-0.3, -0.25) is 14.7 Å². The van der Waals surface area contributed by atoms with E-state index in [0.29, 0.717) is 18.8 Å². The van der Waals surface area contributed by atoms with Crippen LogP contribution in [0.1, 0.15) is 43.6 Å². The molecule has 1 aliphatic heterocycles. The van der Waals surface area contributed by atoms with Crippen LogP contribution in [0.5, 0.6) is 0 Å². The molecule has 1 aromatic rings. The van der Waals surface area contributed by atoms with Gasteiger partial charge in [-0.15, -0.1) is 5.10 Å². The van der Waals surface area contributed by atoms with Gasteiger partial charge in [-0.2, -0.15) is 0 Å². The van der Waals surface area contributed by atoms with Crippen LogP contribution in [0.15, 0.2) is 0 Å². The fraction of sp³-hybridized carbons (Fsp3) is 0.667. The lowest BCUT2D eigenvalue weighted by Gasteiger charge is -2.14. The standard InChI is InChI=1S/C12H18N4O3/c1-12(2,3)11-13-8(14-15-11)9(17)16-5-4-7(6-16)10(18)19/h7H,4-6H2,1-3H3,(H,18,19)(H,13,14,15). The maximum Gasteiger partial charge on any atom is 0.308 e. The van der Waals surface area contributed by atoms with E-state index < -0.39 is 11.9 Å². The van der Waals surface area contributed by atoms with E-state index in [0.717, 1.165) is 0 Å². The first-order valence-corrected chi connectivity index (χ1v) is 6.24. The first-order valence-electron chi connectivity index (χ1n) is 6.24. The minimum atomic E-state index is -0.860. The molecule has 1 aliphatic rings. The van der Waals surface area contributed by atoms with Crippen molar-refractivity contribution in [3.8, 4) is 0 Å². The number of aromatic nitrogens is 3. The summed E-state index contributed by atoms with van der Waals surface area (Å²) in [6.45, 7) is 6.58. The van der Waals surface area contributed by atoms with E-state index in [9.17, 15) is 9.59 Å². The third-order valence-electron chi connectivity index (χ3n) is 3.21. The summed E-state index contributed by atoms with van der Waals surface area (Å²) >= 11 is 0. The molecule has 104 valence electrons. The van der Waals surface area contributed by atoms with Crippen molar-refractivity contribution in [1.82, 2.24) is 20.1 Å². The minimum absolute atomic E-state index is 0.107. The summed E-state index contributed by atoms with van der Waals surface area (Å²) < 4.78 is 0. The number of carboxylic acid groups (broad SMARTS) is 1. The maximum absolute atomic E-state index is 12.1. The largest absolute Gasteiger partial charge is 0.481 e. The molecule has 1 aromatic heterocycles. The SMILES string of the molecule is CC(C)(C)c1nc(C(=O)N2CCC(C(=O)O)C2)n[nH]1. The molecular weight excluding hydrogens is 248 g/mol. The molecule has 19 heavy (non-hydrogen) atoms. The molecule has 2 heterocycles. The van der Waals surface area contributed by atoms with E-state index >= 15 is 0 Å². The topological polar surface area (TPSA) is 99.2 Å². The number of carbonyl (C=O) groups is 2. The van der Waals surface area contributed by atoms with Crippen molar-refractivity contribution in [3.05, 3.63) is 11.6 Å². The number of amides is 1. The lowest BCUT2D eigenvalue weighted by atomic mass is 9.96. The first-order chi connectivity index (χ1) is 8.79. The fourth-order valence-electron chi connectivity index (χ4n) is 1.98. The third-order valence-corrected chi connectivity index (χ3v) is 3.21. The highest BCUT2D eigenvalue weighted by Gasteiger charge is 2.33. The first kappa shape index (κ1) is 13.5. The van der Waals surface area contributed by atoms with Gasteiger partial charge >= 0.3 is 5.97 Å². The van der Waals surface area contributed by atoms with Gasteiger partial charge in [0.15, 0.2) is 0 Å². The Bertz CT molecular complexity index is 503. The zero-order chi connectivity index (χ0) is 14.2. The van der Waals surface area contributed by atoms with E-state index in [-0.39, 0.29) is 23.7 Å². The van der Waals surface area contributed by atoms with Gasteiger partial charge < -0.3 is 10.0 Å². The Balaban J connectivity index is 2.09. The van der Waals surface area contributed by atoms with Crippen LogP contribution in [0.4, 0.5) is 0 Å². The van der Waals surface area contributed by atoms with Crippen LogP contribution >= 0.6 is 0 Å². The molecule has 2 rings (SSSR count). The van der Waals surface area contributed by atoms with E-state index in [1.54, 1.807) is 0 Å². The molecule has 0 radical (unpaired) electrons. The van der Waals surface area contributed by atoms with Gasteiger partial charge in [0.2, 0.25) is 5.82 Å². The van der Waals surface area contributed by atoms with Crippen molar-refractivity contribution >= 4 is 11.9 Å². The van der Waals surface area contributed by atoms with Crippen molar-refractivity contribution < 1.29 is 14.7 Å². The van der Waals surface area contributed by atoms with E-state index in [1.165, 1.54) is 4.90 Å². The zero-order valence-electron chi connectivity index (χ0n) is 11.3. The average Bonchev–Trinajstić information content (AvgIpc) is 2.97. The number of carbonyl (C=O) groups excluding carboxylic acids is 1. The zero-order valence-corrected chi connectivity index (χ0v) is 11.3. The molecule has 0 bridgehead atoms. The number of aromatic amines is 1. The molecule has 7 nitrogen and oxygen atoms in total. The summed E-state index contributed by atoms with van der Waals surface area (Å²) in [6.07, 6.45) is 0.484. The summed E-state index contributed by atoms with van der Waals surface area (Å²) in [5.74, 6) is -0.901. The molecule has 1 amide bonds. The van der Waals surface area contributed by atoms with Crippen LogP contribution in [0.3, 0.4) is 0 Å². The van der Waals surface area contributed by atoms with Crippen LogP contribution in [0.2, 0.25) is 0 Å². The third kappa shape index (κ3) is 2.74. The summed E-state index contributed by atoms with van der Waals surface area (Å²) in [7, 11) is 0. The van der Waals surface area contributed by atoms with Gasteiger partial charge in [-0.25, -0.2) is 4.98 Å². The van der Waals surface area contributed by atoms with Gasteiger partial charge in [0.1, 0.15) is 5.82 Å². The Labute approximate surface area is 111 Å². The number of likely N-dealkylation sites (tertiary alicyclic amines) is 1. The molecule has 1 saturated heterocycles. The summed E-state index contributed by atoms with van der Waals surface area (Å²) in [6, 6.07) is 0. The van der Waals surface area contributed by atoms with Crippen molar-refractivity contribution in [2.75, 3.05) is 13.1 Å². The molecule has 0 saturated carbocycles. The van der Waals surface area contributed by atoms with Crippen LogP contribution in [-0.2, 0) is 10.2 Å². The molecule has 1 fully saturated rings. The lowest BCUT2D eigenvalue weighted by molar-refractivity contribution is -0.141. The number of nitrogens with zero attached hydrogens (tertiary/aromatic N) is 3. The fourth-order valence-corrected chi connectivity index (χ4v) is 1.98. The maximum atomic E-state index is 12.1. The van der Waals surface area contributed by atoms with Gasteiger partial charge in [0.05, 0.1) is 5.92 Å². The Morgan fingerprint density at radius 3 is 2.58 bits per heavy atom. The van der Waals surface area contributed by atoms with Crippen LogP contribution in [0.25, 0.3) is 0 Å². The van der Waals surface area contributed by atoms with Crippen LogP contribution in [-0.4, -0.2) is 50.2 Å². The van der Waals surface area contributed by atoms with E-state index in [2.05, 4.69) is 15.2 Å². The quantitative estimate of drug-likeness (QED) is 0.818. The highest BCUT2D eigenvalue weighted by atomic mass is 16.4. The summed E-state index contributed by atoms with van der Waals surface area (Å²) in [5.41, 5.74) is -0.208. The number of carboxylic acids is 1. The predicted molar refractivity (Wildman–Crippen MR) is 66.7 cm³/mol. The van der Waals surface area contributed by atoms with Gasteiger partial charge in [0.25, 0.3) is 5.91 Å². The highest BCUT2D eigenvalue weighted by molar-refractivity contribution is 5.91. The predicted octanol–water partition coefficient (Wildman–Crippen LogP) is 0.649. The second-order valence-corrected chi connectivity index (χ2v) is 5.83. The molecule has 7 heteroatoms. The summed E-state index contributed by atoms with van der Waals surface area (Å²) in [4.78, 5) is 28.7. The number of nitrogens with one attached hydrogen (secondary N) is 1. The van der Waals surface area contributed by atoms with Crippen molar-refractivity contribution in [3.63, 3.8) is 0 Å². The lowest BCUT2D eigenvalue weighted by Crippen LogP contribution is -2.30. The minimum Gasteiger partial charge on any atom is -0.481 e. The number of rotatable bonds is 2. The van der Waals surface area contributed by atoms with Crippen LogP contribution < -0.4 is 0 Å². The Hall–Kier alpha value is -1.92. The number of aliphatic carboxylic acids is 1. The second-order valence-electron chi connectivity index (χ2n) is 5.83.